The SMILES string of the molecule is CCOc1ccccc1OCC1CC(C(=O)OCOC(=O)[C@@H](CN)C(C)C)CCO1. The number of esters is 2. The maximum Gasteiger partial charge on any atom is 0.313 e. The van der Waals surface area contributed by atoms with Gasteiger partial charge in [0.25, 0.3) is 0 Å². The van der Waals surface area contributed by atoms with Crippen molar-refractivity contribution in [3.05, 3.63) is 24.3 Å². The third kappa shape index (κ3) is 7.18. The molecule has 0 saturated carbocycles. The Balaban J connectivity index is 1.77. The summed E-state index contributed by atoms with van der Waals surface area (Å²) in [4.78, 5) is 24.3. The lowest BCUT2D eigenvalue weighted by atomic mass is 9.96. The minimum Gasteiger partial charge on any atom is -0.490 e. The molecule has 0 aromatic heterocycles. The lowest BCUT2D eigenvalue weighted by Gasteiger charge is -2.28. The Labute approximate surface area is 177 Å². The molecule has 1 fully saturated rings. The first-order chi connectivity index (χ1) is 14.5. The number of para-hydroxylation sites is 2. The highest BCUT2D eigenvalue weighted by Gasteiger charge is 2.30. The molecule has 2 unspecified atom stereocenters. The second-order valence-corrected chi connectivity index (χ2v) is 7.54. The maximum atomic E-state index is 12.4. The third-order valence-corrected chi connectivity index (χ3v) is 5.04. The molecule has 0 spiro atoms. The molecule has 2 N–H and O–H groups in total. The number of carbonyl (C=O) groups excluding carboxylic acids is 2. The Morgan fingerprint density at radius 2 is 1.87 bits per heavy atom. The second-order valence-electron chi connectivity index (χ2n) is 7.54. The van der Waals surface area contributed by atoms with Crippen molar-refractivity contribution in [2.24, 2.45) is 23.5 Å². The molecule has 0 amide bonds. The summed E-state index contributed by atoms with van der Waals surface area (Å²) in [6.07, 6.45) is 0.785. The van der Waals surface area contributed by atoms with Crippen molar-refractivity contribution in [2.45, 2.75) is 39.7 Å². The Bertz CT molecular complexity index is 679. The van der Waals surface area contributed by atoms with E-state index in [4.69, 9.17) is 29.4 Å². The molecule has 0 aliphatic carbocycles. The van der Waals surface area contributed by atoms with E-state index in [0.717, 1.165) is 0 Å². The molecule has 1 saturated heterocycles. The van der Waals surface area contributed by atoms with Gasteiger partial charge in [0.2, 0.25) is 6.79 Å². The molecule has 8 heteroatoms. The van der Waals surface area contributed by atoms with Crippen LogP contribution in [0.25, 0.3) is 0 Å². The second kappa shape index (κ2) is 12.4. The number of ether oxygens (including phenoxy) is 5. The maximum absolute atomic E-state index is 12.4. The van der Waals surface area contributed by atoms with Gasteiger partial charge in [-0.25, -0.2) is 0 Å². The zero-order chi connectivity index (χ0) is 21.9. The fraction of sp³-hybridized carbons (Fsp3) is 0.636. The number of hydrogen-bond acceptors (Lipinski definition) is 8. The van der Waals surface area contributed by atoms with Crippen LogP contribution >= 0.6 is 0 Å². The first kappa shape index (κ1) is 24.0. The molecule has 1 aromatic rings. The molecule has 3 atom stereocenters. The fourth-order valence-electron chi connectivity index (χ4n) is 3.25. The van der Waals surface area contributed by atoms with E-state index in [1.165, 1.54) is 0 Å². The van der Waals surface area contributed by atoms with E-state index in [1.54, 1.807) is 0 Å². The first-order valence-electron chi connectivity index (χ1n) is 10.5. The number of rotatable bonds is 11. The average molecular weight is 424 g/mol. The molecule has 0 bridgehead atoms. The van der Waals surface area contributed by atoms with E-state index in [2.05, 4.69) is 0 Å². The monoisotopic (exact) mass is 423 g/mol. The number of hydrogen-bond donors (Lipinski definition) is 1. The number of carbonyl (C=O) groups is 2. The van der Waals surface area contributed by atoms with Gasteiger partial charge in [0.15, 0.2) is 11.5 Å². The summed E-state index contributed by atoms with van der Waals surface area (Å²) in [6, 6.07) is 7.43. The molecule has 2 rings (SSSR count). The van der Waals surface area contributed by atoms with Crippen LogP contribution < -0.4 is 15.2 Å². The first-order valence-corrected chi connectivity index (χ1v) is 10.5. The summed E-state index contributed by atoms with van der Waals surface area (Å²) >= 11 is 0. The topological polar surface area (TPSA) is 106 Å². The van der Waals surface area contributed by atoms with E-state index in [1.807, 2.05) is 45.0 Å². The van der Waals surface area contributed by atoms with Gasteiger partial charge in [-0.1, -0.05) is 26.0 Å². The standard InChI is InChI=1S/C22H33NO7/c1-4-26-19-7-5-6-8-20(19)28-13-17-11-16(9-10-27-17)21(24)29-14-30-22(25)18(12-23)15(2)3/h5-8,15-18H,4,9-14,23H2,1-3H3/t16?,17?,18-/m0/s1. The number of nitrogens with two attached hydrogens (primary N) is 1. The number of benzene rings is 1. The lowest BCUT2D eigenvalue weighted by molar-refractivity contribution is -0.176. The molecule has 168 valence electrons. The van der Waals surface area contributed by atoms with Crippen LogP contribution in [0.5, 0.6) is 11.5 Å². The van der Waals surface area contributed by atoms with Crippen LogP contribution in [-0.2, 0) is 23.8 Å². The van der Waals surface area contributed by atoms with E-state index >= 15 is 0 Å². The van der Waals surface area contributed by atoms with Gasteiger partial charge in [-0.15, -0.1) is 0 Å². The van der Waals surface area contributed by atoms with E-state index in [9.17, 15) is 9.59 Å². The Morgan fingerprint density at radius 3 is 2.50 bits per heavy atom. The molecule has 0 radical (unpaired) electrons. The van der Waals surface area contributed by atoms with Crippen molar-refractivity contribution in [1.82, 2.24) is 0 Å². The van der Waals surface area contributed by atoms with Gasteiger partial charge < -0.3 is 29.4 Å². The molecule has 30 heavy (non-hydrogen) atoms. The molecule has 1 aromatic carbocycles. The highest BCUT2D eigenvalue weighted by Crippen LogP contribution is 2.28. The Kier molecular flexibility index (Phi) is 9.89. The van der Waals surface area contributed by atoms with Crippen molar-refractivity contribution in [2.75, 3.05) is 33.2 Å². The van der Waals surface area contributed by atoms with Crippen molar-refractivity contribution in [1.29, 1.82) is 0 Å². The fourth-order valence-corrected chi connectivity index (χ4v) is 3.25. The minimum atomic E-state index is -0.452. The summed E-state index contributed by atoms with van der Waals surface area (Å²) in [5, 5.41) is 0. The zero-order valence-electron chi connectivity index (χ0n) is 18.0. The quantitative estimate of drug-likeness (QED) is 0.427. The third-order valence-electron chi connectivity index (χ3n) is 5.04. The molecule has 8 nitrogen and oxygen atoms in total. The van der Waals surface area contributed by atoms with E-state index < -0.39 is 24.6 Å². The van der Waals surface area contributed by atoms with Crippen LogP contribution in [0.3, 0.4) is 0 Å². The van der Waals surface area contributed by atoms with Gasteiger partial charge >= 0.3 is 11.9 Å². The van der Waals surface area contributed by atoms with Gasteiger partial charge in [0.1, 0.15) is 6.61 Å². The predicted octanol–water partition coefficient (Wildman–Crippen LogP) is 2.53. The summed E-state index contributed by atoms with van der Waals surface area (Å²) in [7, 11) is 0. The van der Waals surface area contributed by atoms with Crippen LogP contribution in [0.2, 0.25) is 0 Å². The van der Waals surface area contributed by atoms with Crippen LogP contribution in [0.4, 0.5) is 0 Å². The zero-order valence-corrected chi connectivity index (χ0v) is 18.0. The Hall–Kier alpha value is -2.32. The van der Waals surface area contributed by atoms with Crippen molar-refractivity contribution >= 4 is 11.9 Å². The smallest absolute Gasteiger partial charge is 0.313 e. The summed E-state index contributed by atoms with van der Waals surface area (Å²) < 4.78 is 27.3. The molecular weight excluding hydrogens is 390 g/mol. The van der Waals surface area contributed by atoms with Gasteiger partial charge in [0.05, 0.1) is 24.5 Å². The van der Waals surface area contributed by atoms with Crippen LogP contribution in [0.1, 0.15) is 33.6 Å². The van der Waals surface area contributed by atoms with E-state index in [0.29, 0.717) is 44.2 Å². The predicted molar refractivity (Wildman–Crippen MR) is 110 cm³/mol. The van der Waals surface area contributed by atoms with Gasteiger partial charge in [-0.3, -0.25) is 9.59 Å². The van der Waals surface area contributed by atoms with Gasteiger partial charge in [0, 0.05) is 13.2 Å². The largest absolute Gasteiger partial charge is 0.490 e. The highest BCUT2D eigenvalue weighted by atomic mass is 16.7. The van der Waals surface area contributed by atoms with Crippen molar-refractivity contribution < 1.29 is 33.3 Å². The van der Waals surface area contributed by atoms with Crippen LogP contribution in [-0.4, -0.2) is 51.2 Å². The summed E-state index contributed by atoms with van der Waals surface area (Å²) in [6.45, 7) is 6.76. The molecule has 1 aliphatic rings. The van der Waals surface area contributed by atoms with Crippen molar-refractivity contribution in [3.63, 3.8) is 0 Å². The van der Waals surface area contributed by atoms with Crippen LogP contribution in [0.15, 0.2) is 24.3 Å². The van der Waals surface area contributed by atoms with Gasteiger partial charge in [-0.2, -0.15) is 0 Å². The average Bonchev–Trinajstić information content (AvgIpc) is 2.73. The minimum absolute atomic E-state index is 0.0577. The molecule has 1 heterocycles. The van der Waals surface area contributed by atoms with Crippen molar-refractivity contribution in [3.8, 4) is 11.5 Å². The van der Waals surface area contributed by atoms with Crippen LogP contribution in [0, 0.1) is 17.8 Å². The van der Waals surface area contributed by atoms with E-state index in [-0.39, 0.29) is 24.5 Å². The highest BCUT2D eigenvalue weighted by molar-refractivity contribution is 5.74. The summed E-state index contributed by atoms with van der Waals surface area (Å²) in [5.41, 5.74) is 5.59. The summed E-state index contributed by atoms with van der Waals surface area (Å²) in [5.74, 6) is -0.227. The normalized spacial score (nSPS) is 19.8. The Morgan fingerprint density at radius 1 is 1.17 bits per heavy atom. The molecule has 1 aliphatic heterocycles. The molecular formula is C22H33NO7. The lowest BCUT2D eigenvalue weighted by Crippen LogP contribution is -2.35. The van der Waals surface area contributed by atoms with Gasteiger partial charge in [-0.05, 0) is 37.8 Å².